The molecule has 0 radical (unpaired) electrons. The molecular weight excluding hydrogens is 238 g/mol. The number of anilines is 1. The van der Waals surface area contributed by atoms with Crippen LogP contribution in [0.25, 0.3) is 0 Å². The fourth-order valence-corrected chi connectivity index (χ4v) is 1.44. The molecule has 0 fully saturated rings. The van der Waals surface area contributed by atoms with Gasteiger partial charge in [0.25, 0.3) is 0 Å². The van der Waals surface area contributed by atoms with Gasteiger partial charge in [-0.2, -0.15) is 0 Å². The molecule has 1 aromatic heterocycles. The van der Waals surface area contributed by atoms with Crippen molar-refractivity contribution in [3.63, 3.8) is 0 Å². The summed E-state index contributed by atoms with van der Waals surface area (Å²) in [4.78, 5) is 24.0. The lowest BCUT2D eigenvalue weighted by molar-refractivity contribution is -0.389. The molecule has 0 aromatic carbocycles. The van der Waals surface area contributed by atoms with E-state index in [-0.39, 0.29) is 12.2 Å². The average Bonchev–Trinajstić information content (AvgIpc) is 2.27. The normalized spacial score (nSPS) is 11.0. The average molecular weight is 253 g/mol. The minimum atomic E-state index is -0.855. The van der Waals surface area contributed by atoms with E-state index in [0.717, 1.165) is 0 Å². The van der Waals surface area contributed by atoms with E-state index < -0.39 is 16.4 Å². The monoisotopic (exact) mass is 253 g/mol. The highest BCUT2D eigenvalue weighted by Gasteiger charge is 2.19. The Hall–Kier alpha value is -2.18. The molecule has 0 unspecified atom stereocenters. The van der Waals surface area contributed by atoms with Crippen LogP contribution in [0.4, 0.5) is 11.5 Å². The molecule has 1 rings (SSSR count). The molecule has 0 bridgehead atoms. The molecule has 0 aliphatic rings. The molecule has 7 nitrogen and oxygen atoms in total. The SMILES string of the molecule is CC(C)(CCC(=O)O)Nc1ccc([N+](=O)[O-])nc1. The molecule has 0 spiro atoms. The minimum absolute atomic E-state index is 0.0560. The third-order valence-corrected chi connectivity index (χ3v) is 2.38. The summed E-state index contributed by atoms with van der Waals surface area (Å²) in [5.74, 6) is -1.07. The first-order valence-electron chi connectivity index (χ1n) is 5.40. The standard InChI is InChI=1S/C11H15N3O4/c1-11(2,6-5-10(15)16)13-8-3-4-9(12-7-8)14(17)18/h3-4,7,13H,5-6H2,1-2H3,(H,15,16). The summed E-state index contributed by atoms with van der Waals surface area (Å²) in [5, 5.41) is 22.1. The van der Waals surface area contributed by atoms with Gasteiger partial charge in [0.15, 0.2) is 6.20 Å². The number of rotatable bonds is 6. The van der Waals surface area contributed by atoms with Gasteiger partial charge in [-0.25, -0.2) is 0 Å². The summed E-state index contributed by atoms with van der Waals surface area (Å²) in [6.45, 7) is 3.72. The summed E-state index contributed by atoms with van der Waals surface area (Å²) in [7, 11) is 0. The van der Waals surface area contributed by atoms with E-state index in [9.17, 15) is 14.9 Å². The lowest BCUT2D eigenvalue weighted by Crippen LogP contribution is -2.31. The third kappa shape index (κ3) is 4.36. The van der Waals surface area contributed by atoms with Gasteiger partial charge >= 0.3 is 11.8 Å². The Balaban J connectivity index is 2.65. The Labute approximate surface area is 104 Å². The number of carboxylic acid groups (broad SMARTS) is 1. The number of hydrogen-bond donors (Lipinski definition) is 2. The number of carboxylic acids is 1. The first kappa shape index (κ1) is 13.9. The summed E-state index contributed by atoms with van der Waals surface area (Å²) < 4.78 is 0. The predicted octanol–water partition coefficient (Wildman–Crippen LogP) is 2.05. The van der Waals surface area contributed by atoms with E-state index >= 15 is 0 Å². The molecule has 2 N–H and O–H groups in total. The van der Waals surface area contributed by atoms with Gasteiger partial charge in [-0.1, -0.05) is 0 Å². The van der Waals surface area contributed by atoms with Crippen molar-refractivity contribution >= 4 is 17.5 Å². The lowest BCUT2D eigenvalue weighted by atomic mass is 9.98. The van der Waals surface area contributed by atoms with Gasteiger partial charge in [-0.3, -0.25) is 4.79 Å². The Bertz CT molecular complexity index is 442. The highest BCUT2D eigenvalue weighted by molar-refractivity contribution is 5.66. The van der Waals surface area contributed by atoms with Gasteiger partial charge in [0, 0.05) is 18.0 Å². The molecule has 1 heterocycles. The van der Waals surface area contributed by atoms with Crippen LogP contribution in [0.2, 0.25) is 0 Å². The molecule has 98 valence electrons. The first-order chi connectivity index (χ1) is 8.30. The second kappa shape index (κ2) is 5.44. The number of pyridine rings is 1. The van der Waals surface area contributed by atoms with Crippen LogP contribution < -0.4 is 5.32 Å². The van der Waals surface area contributed by atoms with E-state index in [2.05, 4.69) is 10.3 Å². The minimum Gasteiger partial charge on any atom is -0.481 e. The van der Waals surface area contributed by atoms with Crippen LogP contribution >= 0.6 is 0 Å². The van der Waals surface area contributed by atoms with Gasteiger partial charge in [0.2, 0.25) is 0 Å². The maximum atomic E-state index is 10.5. The largest absolute Gasteiger partial charge is 0.481 e. The zero-order valence-electron chi connectivity index (χ0n) is 10.2. The van der Waals surface area contributed by atoms with E-state index in [1.54, 1.807) is 6.07 Å². The number of aliphatic carboxylic acids is 1. The van der Waals surface area contributed by atoms with E-state index in [4.69, 9.17) is 5.11 Å². The van der Waals surface area contributed by atoms with Crippen molar-refractivity contribution in [3.05, 3.63) is 28.4 Å². The van der Waals surface area contributed by atoms with Crippen molar-refractivity contribution in [2.75, 3.05) is 5.32 Å². The number of aromatic nitrogens is 1. The maximum absolute atomic E-state index is 10.5. The molecule has 0 aliphatic carbocycles. The van der Waals surface area contributed by atoms with Crippen molar-refractivity contribution < 1.29 is 14.8 Å². The van der Waals surface area contributed by atoms with Crippen LogP contribution in [-0.2, 0) is 4.79 Å². The molecule has 0 saturated heterocycles. The molecule has 1 aromatic rings. The smallest absolute Gasteiger partial charge is 0.363 e. The number of nitro groups is 1. The van der Waals surface area contributed by atoms with Crippen LogP contribution in [0.15, 0.2) is 18.3 Å². The molecule has 0 atom stereocenters. The maximum Gasteiger partial charge on any atom is 0.363 e. The van der Waals surface area contributed by atoms with Crippen LogP contribution in [0.1, 0.15) is 26.7 Å². The van der Waals surface area contributed by atoms with Crippen LogP contribution in [-0.4, -0.2) is 26.5 Å². The summed E-state index contributed by atoms with van der Waals surface area (Å²) in [6, 6.07) is 2.85. The van der Waals surface area contributed by atoms with E-state index in [1.165, 1.54) is 12.3 Å². The van der Waals surface area contributed by atoms with Crippen molar-refractivity contribution in [1.29, 1.82) is 0 Å². The van der Waals surface area contributed by atoms with Crippen LogP contribution in [0.5, 0.6) is 0 Å². The Kier molecular flexibility index (Phi) is 4.19. The quantitative estimate of drug-likeness (QED) is 0.593. The van der Waals surface area contributed by atoms with Crippen molar-refractivity contribution in [3.8, 4) is 0 Å². The van der Waals surface area contributed by atoms with Crippen molar-refractivity contribution in [2.24, 2.45) is 0 Å². The molecule has 0 aliphatic heterocycles. The van der Waals surface area contributed by atoms with Gasteiger partial charge in [-0.15, -0.1) is 0 Å². The fraction of sp³-hybridized carbons (Fsp3) is 0.455. The Morgan fingerprint density at radius 3 is 2.67 bits per heavy atom. The summed E-state index contributed by atoms with van der Waals surface area (Å²) in [6.07, 6.45) is 1.86. The predicted molar refractivity (Wildman–Crippen MR) is 65.5 cm³/mol. The van der Waals surface area contributed by atoms with Gasteiger partial charge < -0.3 is 20.5 Å². The molecule has 0 amide bonds. The Morgan fingerprint density at radius 2 is 2.22 bits per heavy atom. The first-order valence-corrected chi connectivity index (χ1v) is 5.40. The topological polar surface area (TPSA) is 105 Å². The lowest BCUT2D eigenvalue weighted by Gasteiger charge is -2.26. The number of nitrogens with zero attached hydrogens (tertiary/aromatic N) is 2. The van der Waals surface area contributed by atoms with Gasteiger partial charge in [0.1, 0.15) is 0 Å². The van der Waals surface area contributed by atoms with Crippen LogP contribution in [0.3, 0.4) is 0 Å². The molecule has 7 heteroatoms. The van der Waals surface area contributed by atoms with Gasteiger partial charge in [0.05, 0.1) is 5.69 Å². The third-order valence-electron chi connectivity index (χ3n) is 2.38. The summed E-state index contributed by atoms with van der Waals surface area (Å²) >= 11 is 0. The second-order valence-electron chi connectivity index (χ2n) is 4.56. The molecule has 18 heavy (non-hydrogen) atoms. The van der Waals surface area contributed by atoms with E-state index in [1.807, 2.05) is 13.8 Å². The van der Waals surface area contributed by atoms with Crippen molar-refractivity contribution in [1.82, 2.24) is 4.98 Å². The van der Waals surface area contributed by atoms with Gasteiger partial charge in [-0.05, 0) is 36.2 Å². The number of hydrogen-bond acceptors (Lipinski definition) is 5. The fourth-order valence-electron chi connectivity index (χ4n) is 1.44. The summed E-state index contributed by atoms with van der Waals surface area (Å²) in [5.41, 5.74) is 0.201. The molecular formula is C11H15N3O4. The van der Waals surface area contributed by atoms with Crippen LogP contribution in [0, 0.1) is 10.1 Å². The zero-order valence-corrected chi connectivity index (χ0v) is 10.2. The van der Waals surface area contributed by atoms with Crippen molar-refractivity contribution in [2.45, 2.75) is 32.2 Å². The Morgan fingerprint density at radius 1 is 1.56 bits per heavy atom. The highest BCUT2D eigenvalue weighted by Crippen LogP contribution is 2.20. The number of carbonyl (C=O) groups is 1. The second-order valence-corrected chi connectivity index (χ2v) is 4.56. The highest BCUT2D eigenvalue weighted by atomic mass is 16.6. The number of nitrogens with one attached hydrogen (secondary N) is 1. The van der Waals surface area contributed by atoms with E-state index in [0.29, 0.717) is 12.1 Å². The molecule has 0 saturated carbocycles. The zero-order chi connectivity index (χ0) is 13.8.